The quantitative estimate of drug-likeness (QED) is 0.582. The monoisotopic (exact) mass is 320 g/mol. The molecule has 1 aliphatic heterocycles. The van der Waals surface area contributed by atoms with Crippen LogP contribution in [0.25, 0.3) is 16.6 Å². The minimum Gasteiger partial charge on any atom is -0.509 e. The van der Waals surface area contributed by atoms with Crippen LogP contribution in [-0.2, 0) is 0 Å². The summed E-state index contributed by atoms with van der Waals surface area (Å²) in [4.78, 5) is 9.26. The van der Waals surface area contributed by atoms with Crippen LogP contribution in [0, 0.1) is 12.3 Å². The topological polar surface area (TPSA) is 96.2 Å². The third-order valence-corrected chi connectivity index (χ3v) is 4.09. The van der Waals surface area contributed by atoms with Gasteiger partial charge >= 0.3 is 0 Å². The molecule has 4 N–H and O–H groups in total. The average molecular weight is 320 g/mol. The van der Waals surface area contributed by atoms with Crippen LogP contribution in [0.1, 0.15) is 11.4 Å². The average Bonchev–Trinajstić information content (AvgIpc) is 3.06. The van der Waals surface area contributed by atoms with Crippen molar-refractivity contribution in [3.63, 3.8) is 0 Å². The molecule has 0 saturated carbocycles. The first kappa shape index (κ1) is 14.3. The number of aliphatic hydroxyl groups is 1. The molecule has 6 heteroatoms. The van der Waals surface area contributed by atoms with Gasteiger partial charge in [0.2, 0.25) is 0 Å². The number of amidine groups is 1. The molecule has 0 fully saturated rings. The number of benzene rings is 2. The van der Waals surface area contributed by atoms with E-state index in [1.807, 2.05) is 37.3 Å². The summed E-state index contributed by atoms with van der Waals surface area (Å²) in [6.07, 6.45) is 0. The summed E-state index contributed by atoms with van der Waals surface area (Å²) >= 11 is 0. The van der Waals surface area contributed by atoms with E-state index in [1.165, 1.54) is 0 Å². The van der Waals surface area contributed by atoms with Gasteiger partial charge in [-0.15, -0.1) is 0 Å². The number of aryl methyl sites for hydroxylation is 1. The number of nitrogens with one attached hydrogen (secondary N) is 2. The van der Waals surface area contributed by atoms with Gasteiger partial charge in [-0.05, 0) is 36.8 Å². The van der Waals surface area contributed by atoms with Crippen LogP contribution >= 0.6 is 0 Å². The van der Waals surface area contributed by atoms with Crippen LogP contribution in [-0.4, -0.2) is 32.6 Å². The molecule has 1 aliphatic rings. The van der Waals surface area contributed by atoms with Gasteiger partial charge in [-0.1, -0.05) is 12.1 Å². The molecule has 0 saturated heterocycles. The Morgan fingerprint density at radius 3 is 2.71 bits per heavy atom. The molecule has 2 heterocycles. The summed E-state index contributed by atoms with van der Waals surface area (Å²) in [6, 6.07) is 12.7. The number of hydrogen-bond acceptors (Lipinski definition) is 4. The molecule has 0 radical (unpaired) electrons. The van der Waals surface area contributed by atoms with Gasteiger partial charge in [-0.2, -0.15) is 0 Å². The highest BCUT2D eigenvalue weighted by Crippen LogP contribution is 2.32. The lowest BCUT2D eigenvalue weighted by molar-refractivity contribution is 0.411. The smallest absolute Gasteiger partial charge is 0.145 e. The van der Waals surface area contributed by atoms with E-state index in [0.29, 0.717) is 17.1 Å². The van der Waals surface area contributed by atoms with Crippen molar-refractivity contribution >= 4 is 28.1 Å². The zero-order valence-corrected chi connectivity index (χ0v) is 13.0. The van der Waals surface area contributed by atoms with E-state index < -0.39 is 0 Å². The number of nitrogens with zero attached hydrogens (tertiary/aromatic N) is 2. The number of anilines is 1. The number of phenolic OH excluding ortho intramolecular Hbond substituents is 1. The van der Waals surface area contributed by atoms with Crippen molar-refractivity contribution in [1.29, 1.82) is 5.41 Å². The largest absolute Gasteiger partial charge is 0.509 e. The first-order valence-corrected chi connectivity index (χ1v) is 7.57. The van der Waals surface area contributed by atoms with Crippen LogP contribution < -0.4 is 4.90 Å². The molecule has 0 amide bonds. The normalized spacial score (nSPS) is 14.9. The highest BCUT2D eigenvalue weighted by Gasteiger charge is 2.31. The Morgan fingerprint density at radius 1 is 1.17 bits per heavy atom. The first-order chi connectivity index (χ1) is 11.5. The number of phenols is 1. The molecular formula is C18H16N4O2. The van der Waals surface area contributed by atoms with Crippen LogP contribution in [0.4, 0.5) is 5.69 Å². The predicted molar refractivity (Wildman–Crippen MR) is 93.6 cm³/mol. The van der Waals surface area contributed by atoms with Crippen LogP contribution in [0.5, 0.6) is 5.75 Å². The standard InChI is InChI=1S/C18H16N4O2/c1-10-6-11(8-12(23)7-10)22-9-15(24)16(17(22)19)18-20-13-4-2-3-5-14(13)21-18/h2-8,19,23-24H,9H2,1H3,(H,20,21). The zero-order chi connectivity index (χ0) is 16.8. The number of para-hydroxylation sites is 2. The number of H-pyrrole nitrogens is 1. The number of imidazole rings is 1. The van der Waals surface area contributed by atoms with Gasteiger partial charge in [-0.25, -0.2) is 4.98 Å². The van der Waals surface area contributed by atoms with Gasteiger partial charge < -0.3 is 20.1 Å². The molecule has 0 aliphatic carbocycles. The fraction of sp³-hybridized carbons (Fsp3) is 0.111. The predicted octanol–water partition coefficient (Wildman–Crippen LogP) is 3.34. The van der Waals surface area contributed by atoms with Gasteiger partial charge in [0.1, 0.15) is 23.2 Å². The molecular weight excluding hydrogens is 304 g/mol. The maximum absolute atomic E-state index is 10.4. The third-order valence-electron chi connectivity index (χ3n) is 4.09. The van der Waals surface area contributed by atoms with E-state index in [-0.39, 0.29) is 23.9 Å². The lowest BCUT2D eigenvalue weighted by Crippen LogP contribution is -2.26. The summed E-state index contributed by atoms with van der Waals surface area (Å²) in [5, 5.41) is 28.6. The molecule has 2 aromatic carbocycles. The molecule has 3 aromatic rings. The second kappa shape index (κ2) is 5.13. The van der Waals surface area contributed by atoms with E-state index in [0.717, 1.165) is 16.6 Å². The molecule has 24 heavy (non-hydrogen) atoms. The van der Waals surface area contributed by atoms with Crippen molar-refractivity contribution in [3.05, 3.63) is 59.6 Å². The number of rotatable bonds is 2. The molecule has 0 bridgehead atoms. The number of fused-ring (bicyclic) bond motifs is 1. The fourth-order valence-electron chi connectivity index (χ4n) is 3.02. The minimum absolute atomic E-state index is 0.0834. The van der Waals surface area contributed by atoms with Gasteiger partial charge in [0, 0.05) is 11.8 Å². The summed E-state index contributed by atoms with van der Waals surface area (Å²) in [6.45, 7) is 2.05. The highest BCUT2D eigenvalue weighted by molar-refractivity contribution is 6.30. The first-order valence-electron chi connectivity index (χ1n) is 7.57. The van der Waals surface area contributed by atoms with E-state index in [9.17, 15) is 10.2 Å². The maximum atomic E-state index is 10.4. The molecule has 120 valence electrons. The van der Waals surface area contributed by atoms with Crippen molar-refractivity contribution in [1.82, 2.24) is 9.97 Å². The van der Waals surface area contributed by atoms with Crippen molar-refractivity contribution in [2.75, 3.05) is 11.4 Å². The molecule has 6 nitrogen and oxygen atoms in total. The summed E-state index contributed by atoms with van der Waals surface area (Å²) in [5.41, 5.74) is 3.57. The molecule has 4 rings (SSSR count). The molecule has 0 atom stereocenters. The Kier molecular flexibility index (Phi) is 3.06. The van der Waals surface area contributed by atoms with E-state index >= 15 is 0 Å². The molecule has 0 unspecified atom stereocenters. The summed E-state index contributed by atoms with van der Waals surface area (Å²) < 4.78 is 0. The van der Waals surface area contributed by atoms with Gasteiger partial charge in [-0.3, -0.25) is 5.41 Å². The van der Waals surface area contributed by atoms with E-state index in [1.54, 1.807) is 17.0 Å². The number of aliphatic hydroxyl groups excluding tert-OH is 1. The summed E-state index contributed by atoms with van der Waals surface area (Å²) in [5.74, 6) is 0.837. The second-order valence-electron chi connectivity index (χ2n) is 5.89. The Hall–Kier alpha value is -3.28. The number of aromatic nitrogens is 2. The molecule has 0 spiro atoms. The fourth-order valence-corrected chi connectivity index (χ4v) is 3.02. The van der Waals surface area contributed by atoms with Gasteiger partial charge in [0.15, 0.2) is 0 Å². The van der Waals surface area contributed by atoms with E-state index in [4.69, 9.17) is 5.41 Å². The Labute approximate surface area is 138 Å². The van der Waals surface area contributed by atoms with Gasteiger partial charge in [0.25, 0.3) is 0 Å². The van der Waals surface area contributed by atoms with Gasteiger partial charge in [0.05, 0.1) is 23.2 Å². The second-order valence-corrected chi connectivity index (χ2v) is 5.89. The minimum atomic E-state index is 0.0834. The van der Waals surface area contributed by atoms with Crippen molar-refractivity contribution in [2.45, 2.75) is 6.92 Å². The van der Waals surface area contributed by atoms with Crippen LogP contribution in [0.15, 0.2) is 48.2 Å². The summed E-state index contributed by atoms with van der Waals surface area (Å²) in [7, 11) is 0. The zero-order valence-electron chi connectivity index (χ0n) is 13.0. The number of hydrogen-bond donors (Lipinski definition) is 4. The van der Waals surface area contributed by atoms with Crippen molar-refractivity contribution in [2.24, 2.45) is 0 Å². The van der Waals surface area contributed by atoms with Crippen molar-refractivity contribution < 1.29 is 10.2 Å². The highest BCUT2D eigenvalue weighted by atomic mass is 16.3. The Balaban J connectivity index is 1.75. The Morgan fingerprint density at radius 2 is 1.96 bits per heavy atom. The number of aromatic hydroxyl groups is 1. The Bertz CT molecular complexity index is 950. The third kappa shape index (κ3) is 2.20. The number of aromatic amines is 1. The van der Waals surface area contributed by atoms with Crippen molar-refractivity contribution in [3.8, 4) is 5.75 Å². The lowest BCUT2D eigenvalue weighted by atomic mass is 10.2. The SMILES string of the molecule is Cc1cc(O)cc(N2CC(O)=C(c3nc4ccccc4[nH]3)C2=N)c1. The van der Waals surface area contributed by atoms with Crippen LogP contribution in [0.2, 0.25) is 0 Å². The lowest BCUT2D eigenvalue weighted by Gasteiger charge is -2.19. The van der Waals surface area contributed by atoms with Crippen LogP contribution in [0.3, 0.4) is 0 Å². The molecule has 1 aromatic heterocycles. The maximum Gasteiger partial charge on any atom is 0.145 e. The van der Waals surface area contributed by atoms with E-state index in [2.05, 4.69) is 9.97 Å².